The Morgan fingerprint density at radius 3 is 2.97 bits per heavy atom. The van der Waals surface area contributed by atoms with E-state index in [1.165, 1.54) is 31.2 Å². The number of pyridine rings is 1. The monoisotopic (exact) mass is 513 g/mol. The molecule has 186 valence electrons. The number of nitrogens with one attached hydrogen (secondary N) is 1. The number of nitrogens with zero attached hydrogens (tertiary/aromatic N) is 4. The number of carbonyl (C=O) groups excluding carboxylic acids is 1. The second-order valence-electron chi connectivity index (χ2n) is 8.83. The summed E-state index contributed by atoms with van der Waals surface area (Å²) in [6.07, 6.45) is 3.71. The normalized spacial score (nSPS) is 19.5. The van der Waals surface area contributed by atoms with Crippen molar-refractivity contribution in [2.24, 2.45) is 13.0 Å². The first kappa shape index (κ1) is 25.2. The van der Waals surface area contributed by atoms with E-state index < -0.39 is 12.3 Å². The Balaban J connectivity index is 1.26. The zero-order valence-electron chi connectivity index (χ0n) is 19.1. The van der Waals surface area contributed by atoms with Crippen molar-refractivity contribution < 1.29 is 18.3 Å². The summed E-state index contributed by atoms with van der Waals surface area (Å²) >= 11 is 1.36. The van der Waals surface area contributed by atoms with Gasteiger partial charge in [0.2, 0.25) is 0 Å². The summed E-state index contributed by atoms with van der Waals surface area (Å²) in [5, 5.41) is 1.93. The molecule has 2 atom stereocenters. The number of aromatic nitrogens is 2. The summed E-state index contributed by atoms with van der Waals surface area (Å²) in [6, 6.07) is 4.71. The van der Waals surface area contributed by atoms with Gasteiger partial charge in [0.15, 0.2) is 6.61 Å². The van der Waals surface area contributed by atoms with Crippen LogP contribution in [0.4, 0.5) is 8.78 Å². The van der Waals surface area contributed by atoms with Crippen molar-refractivity contribution in [3.05, 3.63) is 44.8 Å². The van der Waals surface area contributed by atoms with Gasteiger partial charge in [0.25, 0.3) is 22.3 Å². The maximum atomic E-state index is 13.0. The number of hydrogen-bond donors (Lipinski definition) is 1. The lowest BCUT2D eigenvalue weighted by Gasteiger charge is -2.27. The molecule has 0 saturated carbocycles. The summed E-state index contributed by atoms with van der Waals surface area (Å²) in [5.74, 6) is 0.287. The van der Waals surface area contributed by atoms with Crippen LogP contribution < -0.4 is 15.7 Å². The van der Waals surface area contributed by atoms with Crippen LogP contribution in [0.25, 0.3) is 0 Å². The number of rotatable bonds is 7. The Morgan fingerprint density at radius 1 is 1.35 bits per heavy atom. The molecular formula is C22H30F2N5O3PS. The fourth-order valence-electron chi connectivity index (χ4n) is 4.32. The van der Waals surface area contributed by atoms with Gasteiger partial charge in [-0.05, 0) is 44.2 Å². The first-order valence-corrected chi connectivity index (χ1v) is 12.8. The van der Waals surface area contributed by atoms with Crippen LogP contribution in [0.1, 0.15) is 40.3 Å². The molecule has 2 aliphatic heterocycles. The smallest absolute Gasteiger partial charge is 0.292 e. The van der Waals surface area contributed by atoms with E-state index in [0.29, 0.717) is 36.4 Å². The predicted octanol–water partition coefficient (Wildman–Crippen LogP) is 2.49. The van der Waals surface area contributed by atoms with E-state index in [1.807, 2.05) is 0 Å². The van der Waals surface area contributed by atoms with Crippen LogP contribution in [0.5, 0.6) is 5.19 Å². The number of alkyl halides is 2. The van der Waals surface area contributed by atoms with Gasteiger partial charge in [0, 0.05) is 44.2 Å². The zero-order valence-corrected chi connectivity index (χ0v) is 21.1. The minimum atomic E-state index is -2.95. The largest absolute Gasteiger partial charge is 0.463 e. The van der Waals surface area contributed by atoms with Crippen LogP contribution in [0.2, 0.25) is 0 Å². The minimum absolute atomic E-state index is 0.189. The van der Waals surface area contributed by atoms with Gasteiger partial charge in [-0.15, -0.1) is 0 Å². The summed E-state index contributed by atoms with van der Waals surface area (Å²) < 4.78 is 32.6. The maximum Gasteiger partial charge on any atom is 0.292 e. The Labute approximate surface area is 203 Å². The summed E-state index contributed by atoms with van der Waals surface area (Å²) in [5.41, 5.74) is 1.34. The number of fused-ring (bicyclic) bond motifs is 1. The number of amides is 1. The lowest BCUT2D eigenvalue weighted by molar-refractivity contribution is 0.0459. The molecule has 12 heteroatoms. The third-order valence-electron chi connectivity index (χ3n) is 6.29. The molecule has 2 aromatic heterocycles. The molecule has 0 spiro atoms. The van der Waals surface area contributed by atoms with Crippen molar-refractivity contribution in [1.82, 2.24) is 24.9 Å². The number of thiazole rings is 1. The van der Waals surface area contributed by atoms with E-state index >= 15 is 0 Å². The van der Waals surface area contributed by atoms with Crippen molar-refractivity contribution in [3.8, 4) is 5.19 Å². The van der Waals surface area contributed by atoms with Crippen molar-refractivity contribution >= 4 is 26.5 Å². The Bertz CT molecular complexity index is 1070. The molecular weight excluding hydrogens is 483 g/mol. The van der Waals surface area contributed by atoms with Gasteiger partial charge in [-0.1, -0.05) is 26.6 Å². The average Bonchev–Trinajstić information content (AvgIpc) is 3.05. The number of carbonyl (C=O) groups is 1. The van der Waals surface area contributed by atoms with Crippen LogP contribution in [-0.2, 0) is 20.0 Å². The number of halogens is 2. The first-order chi connectivity index (χ1) is 16.2. The van der Waals surface area contributed by atoms with Gasteiger partial charge in [0.1, 0.15) is 5.69 Å². The van der Waals surface area contributed by atoms with E-state index in [1.54, 1.807) is 24.2 Å². The van der Waals surface area contributed by atoms with Gasteiger partial charge in [-0.25, -0.2) is 10.4 Å². The minimum Gasteiger partial charge on any atom is -0.463 e. The second kappa shape index (κ2) is 10.8. The molecule has 2 aliphatic rings. The van der Waals surface area contributed by atoms with Gasteiger partial charge in [-0.3, -0.25) is 19.5 Å². The second-order valence-corrected chi connectivity index (χ2v) is 10.7. The fraction of sp³-hybridized carbons (Fsp3) is 0.591. The van der Waals surface area contributed by atoms with Crippen LogP contribution in [0.3, 0.4) is 0 Å². The van der Waals surface area contributed by atoms with E-state index in [9.17, 15) is 18.4 Å². The van der Waals surface area contributed by atoms with E-state index in [4.69, 9.17) is 4.74 Å². The van der Waals surface area contributed by atoms with Crippen LogP contribution >= 0.6 is 20.6 Å². The molecule has 4 rings (SSSR count). The Kier molecular flexibility index (Phi) is 7.97. The topological polar surface area (TPSA) is 79.7 Å². The number of hydrazine groups is 1. The highest BCUT2D eigenvalue weighted by molar-refractivity contribution is 7.18. The Morgan fingerprint density at radius 2 is 2.18 bits per heavy atom. The molecule has 1 saturated heterocycles. The van der Waals surface area contributed by atoms with E-state index in [2.05, 4.69) is 15.3 Å². The lowest BCUT2D eigenvalue weighted by atomic mass is 9.97. The fourth-order valence-corrected chi connectivity index (χ4v) is 5.31. The molecule has 2 unspecified atom stereocenters. The highest BCUT2D eigenvalue weighted by Crippen LogP contribution is 2.32. The number of ether oxygens (including phenoxy) is 1. The quantitative estimate of drug-likeness (QED) is 0.574. The van der Waals surface area contributed by atoms with Crippen molar-refractivity contribution in [3.63, 3.8) is 0 Å². The SMILES string of the molecule is Cn1c(C(=O)N2CCC(CCN3CCc4sc(OCC(F)(F)P)nc4C3)CCN2)cccc1=O. The van der Waals surface area contributed by atoms with E-state index in [0.717, 1.165) is 49.3 Å². The standard InChI is InChI=1S/C22H30F2N5O3PS/c1-27-17(3-2-4-19(27)30)20(31)29-12-7-15(5-9-25-29)6-10-28-11-8-18-16(13-28)26-21(34-18)32-14-22(23,24)33/h2-4,15,25H,5-14,33H2,1H3. The van der Waals surface area contributed by atoms with Gasteiger partial charge < -0.3 is 9.30 Å². The highest BCUT2D eigenvalue weighted by atomic mass is 32.1. The zero-order chi connectivity index (χ0) is 24.3. The molecule has 4 heterocycles. The molecule has 0 bridgehead atoms. The third kappa shape index (κ3) is 6.38. The summed E-state index contributed by atoms with van der Waals surface area (Å²) in [4.78, 5) is 32.6. The molecule has 0 radical (unpaired) electrons. The lowest BCUT2D eigenvalue weighted by Crippen LogP contribution is -2.44. The van der Waals surface area contributed by atoms with Crippen LogP contribution in [0.15, 0.2) is 23.0 Å². The third-order valence-corrected chi connectivity index (χ3v) is 7.53. The Hall–Kier alpha value is -1.94. The summed E-state index contributed by atoms with van der Waals surface area (Å²) in [7, 11) is 3.09. The molecule has 1 amide bonds. The predicted molar refractivity (Wildman–Crippen MR) is 129 cm³/mol. The van der Waals surface area contributed by atoms with Crippen molar-refractivity contribution in [1.29, 1.82) is 0 Å². The molecule has 0 aliphatic carbocycles. The van der Waals surface area contributed by atoms with Crippen molar-refractivity contribution in [2.45, 2.75) is 37.9 Å². The number of hydrogen-bond acceptors (Lipinski definition) is 7. The molecule has 1 N–H and O–H groups in total. The first-order valence-electron chi connectivity index (χ1n) is 11.4. The molecule has 8 nitrogen and oxygen atoms in total. The van der Waals surface area contributed by atoms with E-state index in [-0.39, 0.29) is 11.5 Å². The van der Waals surface area contributed by atoms with Gasteiger partial charge in [-0.2, -0.15) is 8.78 Å². The summed E-state index contributed by atoms with van der Waals surface area (Å²) in [6.45, 7) is 3.13. The van der Waals surface area contributed by atoms with Gasteiger partial charge in [0.05, 0.1) is 5.69 Å². The molecule has 0 aromatic carbocycles. The molecule has 1 fully saturated rings. The maximum absolute atomic E-state index is 13.0. The average molecular weight is 514 g/mol. The molecule has 34 heavy (non-hydrogen) atoms. The van der Waals surface area contributed by atoms with Crippen LogP contribution in [0, 0.1) is 5.92 Å². The van der Waals surface area contributed by atoms with Crippen molar-refractivity contribution in [2.75, 3.05) is 32.8 Å². The van der Waals surface area contributed by atoms with Crippen LogP contribution in [-0.4, -0.2) is 63.8 Å². The highest BCUT2D eigenvalue weighted by Gasteiger charge is 2.27. The molecule has 2 aromatic rings. The van der Waals surface area contributed by atoms with Gasteiger partial charge >= 0.3 is 0 Å².